The lowest BCUT2D eigenvalue weighted by Gasteiger charge is -2.00. The Hall–Kier alpha value is -3.52. The number of rotatable bonds is 4. The molecule has 0 aliphatic carbocycles. The largest absolute Gasteiger partial charge is 0.397 e. The Bertz CT molecular complexity index is 1240. The van der Waals surface area contributed by atoms with E-state index in [-0.39, 0.29) is 5.91 Å². The van der Waals surface area contributed by atoms with Crippen LogP contribution in [0, 0.1) is 20.8 Å². The SMILES string of the molecule is Cc1cc(C)c2c(N)c(C(=O)N/N=C\c3cn(-c4ccccc4)nc3C)sc2n1. The molecule has 8 heteroatoms. The van der Waals surface area contributed by atoms with Crippen molar-refractivity contribution in [1.29, 1.82) is 0 Å². The minimum absolute atomic E-state index is 0.355. The van der Waals surface area contributed by atoms with Gasteiger partial charge < -0.3 is 5.73 Å². The summed E-state index contributed by atoms with van der Waals surface area (Å²) >= 11 is 1.27. The molecule has 1 aromatic carbocycles. The third-order valence-electron chi connectivity index (χ3n) is 4.56. The molecule has 0 radical (unpaired) electrons. The molecule has 0 atom stereocenters. The van der Waals surface area contributed by atoms with E-state index in [9.17, 15) is 4.79 Å². The first kappa shape index (κ1) is 18.8. The number of carbonyl (C=O) groups is 1. The second-order valence-electron chi connectivity index (χ2n) is 6.75. The highest BCUT2D eigenvalue weighted by Crippen LogP contribution is 2.34. The molecule has 0 aliphatic rings. The number of nitrogens with one attached hydrogen (secondary N) is 1. The molecule has 0 fully saturated rings. The molecule has 0 spiro atoms. The summed E-state index contributed by atoms with van der Waals surface area (Å²) in [6.07, 6.45) is 3.45. The van der Waals surface area contributed by atoms with Gasteiger partial charge in [0.25, 0.3) is 5.91 Å². The Labute approximate surface area is 171 Å². The fourth-order valence-electron chi connectivity index (χ4n) is 3.16. The van der Waals surface area contributed by atoms with Gasteiger partial charge in [0.05, 0.1) is 23.3 Å². The van der Waals surface area contributed by atoms with Crippen LogP contribution < -0.4 is 11.2 Å². The fraction of sp³-hybridized carbons (Fsp3) is 0.143. The number of aryl methyl sites for hydroxylation is 3. The van der Waals surface area contributed by atoms with Crippen molar-refractivity contribution in [2.24, 2.45) is 5.10 Å². The number of para-hydroxylation sites is 1. The number of carbonyl (C=O) groups excluding carboxylic acids is 1. The number of hydrogen-bond donors (Lipinski definition) is 2. The number of benzene rings is 1. The zero-order chi connectivity index (χ0) is 20.5. The second kappa shape index (κ2) is 7.48. The number of amides is 1. The van der Waals surface area contributed by atoms with Gasteiger partial charge in [-0.05, 0) is 44.5 Å². The summed E-state index contributed by atoms with van der Waals surface area (Å²) in [5.74, 6) is -0.355. The van der Waals surface area contributed by atoms with Crippen LogP contribution in [-0.2, 0) is 0 Å². The van der Waals surface area contributed by atoms with Crippen molar-refractivity contribution in [2.75, 3.05) is 5.73 Å². The van der Waals surface area contributed by atoms with Crippen molar-refractivity contribution in [2.45, 2.75) is 20.8 Å². The minimum atomic E-state index is -0.355. The van der Waals surface area contributed by atoms with Gasteiger partial charge in [-0.2, -0.15) is 10.2 Å². The molecule has 7 nitrogen and oxygen atoms in total. The third kappa shape index (κ3) is 3.62. The molecule has 0 saturated heterocycles. The molecular formula is C21H20N6OS. The molecule has 29 heavy (non-hydrogen) atoms. The lowest BCUT2D eigenvalue weighted by molar-refractivity contribution is 0.0960. The van der Waals surface area contributed by atoms with Crippen LogP contribution in [-0.4, -0.2) is 26.9 Å². The van der Waals surface area contributed by atoms with E-state index in [0.717, 1.165) is 38.4 Å². The summed E-state index contributed by atoms with van der Waals surface area (Å²) in [7, 11) is 0. The molecule has 4 aromatic rings. The summed E-state index contributed by atoms with van der Waals surface area (Å²) < 4.78 is 1.78. The van der Waals surface area contributed by atoms with Crippen LogP contribution in [0.4, 0.5) is 5.69 Å². The van der Waals surface area contributed by atoms with Crippen molar-refractivity contribution in [1.82, 2.24) is 20.2 Å². The first-order valence-electron chi connectivity index (χ1n) is 9.05. The molecule has 146 valence electrons. The molecule has 0 aliphatic heterocycles. The molecule has 1 amide bonds. The molecule has 3 aromatic heterocycles. The van der Waals surface area contributed by atoms with Gasteiger partial charge >= 0.3 is 0 Å². The number of nitrogens with two attached hydrogens (primary N) is 1. The number of thiophene rings is 1. The van der Waals surface area contributed by atoms with Crippen molar-refractivity contribution in [3.05, 3.63) is 70.0 Å². The van der Waals surface area contributed by atoms with Gasteiger partial charge in [-0.25, -0.2) is 15.1 Å². The van der Waals surface area contributed by atoms with Crippen LogP contribution in [0.1, 0.15) is 32.2 Å². The van der Waals surface area contributed by atoms with E-state index in [0.29, 0.717) is 10.6 Å². The molecule has 0 saturated carbocycles. The Kier molecular flexibility index (Phi) is 4.85. The van der Waals surface area contributed by atoms with E-state index in [2.05, 4.69) is 20.6 Å². The van der Waals surface area contributed by atoms with Crippen molar-refractivity contribution < 1.29 is 4.79 Å². The standard InChI is InChI=1S/C21H20N6OS/c1-12-9-13(2)24-21-17(12)18(22)19(29-21)20(28)25-23-10-15-11-27(26-14(15)3)16-7-5-4-6-8-16/h4-11H,22H2,1-3H3,(H,25,28)/b23-10-. The first-order chi connectivity index (χ1) is 13.9. The lowest BCUT2D eigenvalue weighted by Crippen LogP contribution is -2.17. The third-order valence-corrected chi connectivity index (χ3v) is 5.66. The maximum absolute atomic E-state index is 12.6. The molecule has 3 N–H and O–H groups in total. The zero-order valence-electron chi connectivity index (χ0n) is 16.3. The van der Waals surface area contributed by atoms with Gasteiger partial charge in [-0.3, -0.25) is 4.79 Å². The molecule has 3 heterocycles. The Morgan fingerprint density at radius 3 is 2.76 bits per heavy atom. The zero-order valence-corrected chi connectivity index (χ0v) is 17.1. The highest BCUT2D eigenvalue weighted by molar-refractivity contribution is 7.21. The number of nitrogens with zero attached hydrogens (tertiary/aromatic N) is 4. The van der Waals surface area contributed by atoms with Crippen molar-refractivity contribution in [3.8, 4) is 5.69 Å². The summed E-state index contributed by atoms with van der Waals surface area (Å²) in [4.78, 5) is 18.2. The molecule has 0 unspecified atom stereocenters. The first-order valence-corrected chi connectivity index (χ1v) is 9.87. The van der Waals surface area contributed by atoms with Crippen LogP contribution >= 0.6 is 11.3 Å². The highest BCUT2D eigenvalue weighted by Gasteiger charge is 2.18. The van der Waals surface area contributed by atoms with Crippen molar-refractivity contribution >= 4 is 39.4 Å². The summed E-state index contributed by atoms with van der Waals surface area (Å²) in [6.45, 7) is 5.78. The normalized spacial score (nSPS) is 11.4. The van der Waals surface area contributed by atoms with Crippen LogP contribution in [0.2, 0.25) is 0 Å². The highest BCUT2D eigenvalue weighted by atomic mass is 32.1. The quantitative estimate of drug-likeness (QED) is 0.400. The number of anilines is 1. The number of nitrogen functional groups attached to an aromatic ring is 1. The predicted molar refractivity (Wildman–Crippen MR) is 117 cm³/mol. The van der Waals surface area contributed by atoms with Gasteiger partial charge in [0, 0.05) is 22.8 Å². The average Bonchev–Trinajstić information content (AvgIpc) is 3.22. The minimum Gasteiger partial charge on any atom is -0.397 e. The second-order valence-corrected chi connectivity index (χ2v) is 7.75. The molecule has 0 bridgehead atoms. The Morgan fingerprint density at radius 2 is 2.00 bits per heavy atom. The topological polar surface area (TPSA) is 98.2 Å². The molecule has 4 rings (SSSR count). The van der Waals surface area contributed by atoms with E-state index < -0.39 is 0 Å². The van der Waals surface area contributed by atoms with E-state index in [1.807, 2.05) is 63.4 Å². The van der Waals surface area contributed by atoms with Crippen LogP contribution in [0.15, 0.2) is 47.7 Å². The maximum atomic E-state index is 12.6. The van der Waals surface area contributed by atoms with E-state index in [1.54, 1.807) is 10.9 Å². The smallest absolute Gasteiger partial charge is 0.283 e. The predicted octanol–water partition coefficient (Wildman–Crippen LogP) is 3.75. The van der Waals surface area contributed by atoms with Gasteiger partial charge in [0.15, 0.2) is 0 Å². The number of pyridine rings is 1. The van der Waals surface area contributed by atoms with Crippen molar-refractivity contribution in [3.63, 3.8) is 0 Å². The Balaban J connectivity index is 1.54. The number of aromatic nitrogens is 3. The maximum Gasteiger partial charge on any atom is 0.283 e. The molecular weight excluding hydrogens is 384 g/mol. The number of fused-ring (bicyclic) bond motifs is 1. The summed E-state index contributed by atoms with van der Waals surface area (Å²) in [5, 5.41) is 9.40. The van der Waals surface area contributed by atoms with E-state index in [4.69, 9.17) is 5.73 Å². The van der Waals surface area contributed by atoms with Crippen LogP contribution in [0.5, 0.6) is 0 Å². The monoisotopic (exact) mass is 404 g/mol. The van der Waals surface area contributed by atoms with E-state index in [1.165, 1.54) is 11.3 Å². The van der Waals surface area contributed by atoms with Crippen LogP contribution in [0.25, 0.3) is 15.9 Å². The van der Waals surface area contributed by atoms with E-state index >= 15 is 0 Å². The van der Waals surface area contributed by atoms with Crippen LogP contribution in [0.3, 0.4) is 0 Å². The van der Waals surface area contributed by atoms with Gasteiger partial charge in [0.1, 0.15) is 9.71 Å². The average molecular weight is 404 g/mol. The fourth-order valence-corrected chi connectivity index (χ4v) is 4.27. The number of hydrogen-bond acceptors (Lipinski definition) is 6. The van der Waals surface area contributed by atoms with Gasteiger partial charge in [-0.15, -0.1) is 11.3 Å². The number of hydrazone groups is 1. The van der Waals surface area contributed by atoms with Gasteiger partial charge in [0.2, 0.25) is 0 Å². The summed E-state index contributed by atoms with van der Waals surface area (Å²) in [6, 6.07) is 11.8. The lowest BCUT2D eigenvalue weighted by atomic mass is 10.1. The Morgan fingerprint density at radius 1 is 1.24 bits per heavy atom. The summed E-state index contributed by atoms with van der Waals surface area (Å²) in [5.41, 5.74) is 13.7. The van der Waals surface area contributed by atoms with Gasteiger partial charge in [-0.1, -0.05) is 18.2 Å².